The maximum Gasteiger partial charge on any atom is 0.341 e. The van der Waals surface area contributed by atoms with E-state index in [1.807, 2.05) is 44.2 Å². The van der Waals surface area contributed by atoms with E-state index in [2.05, 4.69) is 15.4 Å². The number of carbonyl (C=O) groups excluding carboxylic acids is 2. The molecular weight excluding hydrogens is 376 g/mol. The van der Waals surface area contributed by atoms with Crippen LogP contribution in [-0.4, -0.2) is 33.2 Å². The Morgan fingerprint density at radius 3 is 2.64 bits per heavy atom. The molecule has 3 aromatic rings. The van der Waals surface area contributed by atoms with E-state index in [0.29, 0.717) is 16.4 Å². The van der Waals surface area contributed by atoms with Crippen LogP contribution < -0.4 is 5.32 Å². The van der Waals surface area contributed by atoms with Gasteiger partial charge >= 0.3 is 5.97 Å². The number of anilines is 1. The molecule has 7 nitrogen and oxygen atoms in total. The largest absolute Gasteiger partial charge is 0.452 e. The number of benzene rings is 1. The average Bonchev–Trinajstić information content (AvgIpc) is 3.16. The minimum atomic E-state index is -0.598. The van der Waals surface area contributed by atoms with Crippen molar-refractivity contribution in [2.45, 2.75) is 29.8 Å². The number of aromatic nitrogens is 3. The Bertz CT molecular complexity index is 957. The van der Waals surface area contributed by atoms with Crippen LogP contribution in [0.25, 0.3) is 0 Å². The summed E-state index contributed by atoms with van der Waals surface area (Å²) in [7, 11) is 0. The first-order valence-corrected chi connectivity index (χ1v) is 9.54. The maximum atomic E-state index is 12.5. The number of ether oxygens (including phenoxy) is 1. The number of pyridine rings is 1. The van der Waals surface area contributed by atoms with E-state index < -0.39 is 18.5 Å². The molecule has 0 aliphatic rings. The molecule has 0 fully saturated rings. The molecule has 2 heterocycles. The van der Waals surface area contributed by atoms with Crippen molar-refractivity contribution in [2.75, 3.05) is 11.9 Å². The fourth-order valence-corrected chi connectivity index (χ4v) is 3.33. The van der Waals surface area contributed by atoms with E-state index in [9.17, 15) is 9.59 Å². The second kappa shape index (κ2) is 9.18. The summed E-state index contributed by atoms with van der Waals surface area (Å²) in [6.45, 7) is 3.51. The first-order chi connectivity index (χ1) is 13.5. The normalized spacial score (nSPS) is 10.7. The topological polar surface area (TPSA) is 86.1 Å². The van der Waals surface area contributed by atoms with Gasteiger partial charge in [0.1, 0.15) is 10.8 Å². The zero-order valence-electron chi connectivity index (χ0n) is 15.5. The monoisotopic (exact) mass is 396 g/mol. The molecule has 144 valence electrons. The SMILES string of the molecule is CC(C)n1nccc1NC(=O)COC(=O)c1cccnc1Sc1ccccc1. The van der Waals surface area contributed by atoms with Gasteiger partial charge in [-0.15, -0.1) is 0 Å². The lowest BCUT2D eigenvalue weighted by Crippen LogP contribution is -2.23. The van der Waals surface area contributed by atoms with Crippen molar-refractivity contribution < 1.29 is 14.3 Å². The number of hydrogen-bond donors (Lipinski definition) is 1. The van der Waals surface area contributed by atoms with Crippen molar-refractivity contribution in [3.05, 3.63) is 66.5 Å². The molecule has 1 N–H and O–H groups in total. The summed E-state index contributed by atoms with van der Waals surface area (Å²) in [4.78, 5) is 29.8. The van der Waals surface area contributed by atoms with Crippen LogP contribution in [0, 0.1) is 0 Å². The van der Waals surface area contributed by atoms with E-state index in [4.69, 9.17) is 4.74 Å². The zero-order chi connectivity index (χ0) is 19.9. The summed E-state index contributed by atoms with van der Waals surface area (Å²) >= 11 is 1.36. The van der Waals surface area contributed by atoms with Gasteiger partial charge in [-0.05, 0) is 38.1 Å². The summed E-state index contributed by atoms with van der Waals surface area (Å²) in [5, 5.41) is 7.37. The Balaban J connectivity index is 1.62. The van der Waals surface area contributed by atoms with E-state index in [1.54, 1.807) is 35.3 Å². The fraction of sp³-hybridized carbons (Fsp3) is 0.200. The first-order valence-electron chi connectivity index (χ1n) is 8.73. The number of carbonyl (C=O) groups is 2. The highest BCUT2D eigenvalue weighted by Crippen LogP contribution is 2.28. The summed E-state index contributed by atoms with van der Waals surface area (Å²) in [6, 6.07) is 14.7. The summed E-state index contributed by atoms with van der Waals surface area (Å²) in [5.74, 6) is -0.478. The molecule has 0 bridgehead atoms. The van der Waals surface area contributed by atoms with Crippen LogP contribution in [0.4, 0.5) is 5.82 Å². The number of rotatable bonds is 7. The van der Waals surface area contributed by atoms with Crippen molar-refractivity contribution in [1.29, 1.82) is 0 Å². The molecule has 1 aromatic carbocycles. The Hall–Kier alpha value is -3.13. The van der Waals surface area contributed by atoms with Crippen LogP contribution in [0.2, 0.25) is 0 Å². The lowest BCUT2D eigenvalue weighted by molar-refractivity contribution is -0.119. The van der Waals surface area contributed by atoms with Gasteiger partial charge in [-0.1, -0.05) is 30.0 Å². The Kier molecular flexibility index (Phi) is 6.44. The van der Waals surface area contributed by atoms with Crippen LogP contribution >= 0.6 is 11.8 Å². The molecule has 0 saturated carbocycles. The quantitative estimate of drug-likeness (QED) is 0.611. The van der Waals surface area contributed by atoms with Gasteiger partial charge in [0.05, 0.1) is 11.8 Å². The number of amides is 1. The van der Waals surface area contributed by atoms with Crippen LogP contribution in [0.1, 0.15) is 30.2 Å². The second-order valence-electron chi connectivity index (χ2n) is 6.15. The van der Waals surface area contributed by atoms with Gasteiger partial charge < -0.3 is 10.1 Å². The third-order valence-corrected chi connectivity index (χ3v) is 4.74. The lowest BCUT2D eigenvalue weighted by atomic mass is 10.3. The number of nitrogens with zero attached hydrogens (tertiary/aromatic N) is 3. The predicted molar refractivity (Wildman–Crippen MR) is 106 cm³/mol. The van der Waals surface area contributed by atoms with Crippen molar-refractivity contribution in [3.63, 3.8) is 0 Å². The third-order valence-electron chi connectivity index (χ3n) is 3.71. The molecule has 0 aliphatic heterocycles. The molecular formula is C20H20N4O3S. The summed E-state index contributed by atoms with van der Waals surface area (Å²) in [5.41, 5.74) is 0.316. The molecule has 8 heteroatoms. The van der Waals surface area contributed by atoms with Crippen molar-refractivity contribution in [2.24, 2.45) is 0 Å². The highest BCUT2D eigenvalue weighted by atomic mass is 32.2. The molecule has 1 amide bonds. The molecule has 2 aromatic heterocycles. The van der Waals surface area contributed by atoms with E-state index in [1.165, 1.54) is 11.8 Å². The highest BCUT2D eigenvalue weighted by Gasteiger charge is 2.17. The Labute approximate surface area is 167 Å². The highest BCUT2D eigenvalue weighted by molar-refractivity contribution is 7.99. The Morgan fingerprint density at radius 2 is 1.89 bits per heavy atom. The zero-order valence-corrected chi connectivity index (χ0v) is 16.3. The van der Waals surface area contributed by atoms with Gasteiger partial charge in [-0.25, -0.2) is 14.5 Å². The molecule has 0 saturated heterocycles. The number of hydrogen-bond acceptors (Lipinski definition) is 6. The molecule has 0 unspecified atom stereocenters. The number of nitrogens with one attached hydrogen (secondary N) is 1. The van der Waals surface area contributed by atoms with Gasteiger partial charge in [-0.3, -0.25) is 4.79 Å². The smallest absolute Gasteiger partial charge is 0.341 e. The molecule has 0 radical (unpaired) electrons. The van der Waals surface area contributed by atoms with E-state index in [0.717, 1.165) is 4.90 Å². The van der Waals surface area contributed by atoms with Gasteiger partial charge in [-0.2, -0.15) is 5.10 Å². The third kappa shape index (κ3) is 4.98. The van der Waals surface area contributed by atoms with E-state index >= 15 is 0 Å². The minimum Gasteiger partial charge on any atom is -0.452 e. The molecule has 0 spiro atoms. The average molecular weight is 396 g/mol. The fourth-order valence-electron chi connectivity index (χ4n) is 2.44. The standard InChI is InChI=1S/C20H20N4O3S/c1-14(2)24-17(10-12-22-24)23-18(25)13-27-20(26)16-9-6-11-21-19(16)28-15-7-4-3-5-8-15/h3-12,14H,13H2,1-2H3,(H,23,25). The van der Waals surface area contributed by atoms with Gasteiger partial charge in [0.25, 0.3) is 5.91 Å². The lowest BCUT2D eigenvalue weighted by Gasteiger charge is -2.12. The maximum absolute atomic E-state index is 12.5. The molecule has 0 atom stereocenters. The number of esters is 1. The van der Waals surface area contributed by atoms with E-state index in [-0.39, 0.29) is 6.04 Å². The molecule has 28 heavy (non-hydrogen) atoms. The predicted octanol–water partition coefficient (Wildman–Crippen LogP) is 3.81. The van der Waals surface area contributed by atoms with Crippen LogP contribution in [0.5, 0.6) is 0 Å². The molecule has 3 rings (SSSR count). The van der Waals surface area contributed by atoms with Crippen LogP contribution in [0.15, 0.2) is 70.8 Å². The van der Waals surface area contributed by atoms with Crippen LogP contribution in [0.3, 0.4) is 0 Å². The van der Waals surface area contributed by atoms with Crippen molar-refractivity contribution >= 4 is 29.5 Å². The molecule has 0 aliphatic carbocycles. The summed E-state index contributed by atoms with van der Waals surface area (Å²) in [6.07, 6.45) is 3.21. The Morgan fingerprint density at radius 1 is 1.11 bits per heavy atom. The van der Waals surface area contributed by atoms with Crippen LogP contribution in [-0.2, 0) is 9.53 Å². The van der Waals surface area contributed by atoms with Gasteiger partial charge in [0.15, 0.2) is 6.61 Å². The second-order valence-corrected chi connectivity index (χ2v) is 7.21. The first kappa shape index (κ1) is 19.6. The minimum absolute atomic E-state index is 0.0980. The van der Waals surface area contributed by atoms with Gasteiger partial charge in [0, 0.05) is 23.2 Å². The summed E-state index contributed by atoms with van der Waals surface area (Å²) < 4.78 is 6.86. The van der Waals surface area contributed by atoms with Crippen molar-refractivity contribution in [1.82, 2.24) is 14.8 Å². The van der Waals surface area contributed by atoms with Gasteiger partial charge in [0.2, 0.25) is 0 Å². The van der Waals surface area contributed by atoms with Crippen molar-refractivity contribution in [3.8, 4) is 0 Å².